The van der Waals surface area contributed by atoms with Crippen LogP contribution in [0.5, 0.6) is 0 Å². The van der Waals surface area contributed by atoms with Crippen molar-refractivity contribution in [3.05, 3.63) is 12.2 Å². The molecule has 0 aromatic carbocycles. The first kappa shape index (κ1) is 15.2. The van der Waals surface area contributed by atoms with Gasteiger partial charge in [0.25, 0.3) is 0 Å². The highest BCUT2D eigenvalue weighted by molar-refractivity contribution is 7.98. The van der Waals surface area contributed by atoms with Gasteiger partial charge in [-0.3, -0.25) is 5.10 Å². The van der Waals surface area contributed by atoms with Crippen LogP contribution in [-0.2, 0) is 0 Å². The Morgan fingerprint density at radius 1 is 1.50 bits per heavy atom. The molecule has 2 N–H and O–H groups in total. The highest BCUT2D eigenvalue weighted by atomic mass is 32.2. The summed E-state index contributed by atoms with van der Waals surface area (Å²) >= 11 is 1.85. The monoisotopic (exact) mass is 297 g/mol. The summed E-state index contributed by atoms with van der Waals surface area (Å²) in [5, 5.41) is 9.81. The number of likely N-dealkylation sites (tertiary alicyclic amines) is 1. The van der Waals surface area contributed by atoms with Crippen molar-refractivity contribution in [1.82, 2.24) is 25.4 Å². The minimum absolute atomic E-state index is 0.0742. The summed E-state index contributed by atoms with van der Waals surface area (Å²) in [6.07, 6.45) is 7.78. The zero-order valence-electron chi connectivity index (χ0n) is 12.0. The second-order valence-corrected chi connectivity index (χ2v) is 6.05. The molecule has 1 aromatic rings. The average molecular weight is 297 g/mol. The second-order valence-electron chi connectivity index (χ2n) is 5.06. The summed E-state index contributed by atoms with van der Waals surface area (Å²) in [6.45, 7) is 2.37. The number of carbonyl (C=O) groups is 1. The molecule has 1 aliphatic heterocycles. The zero-order chi connectivity index (χ0) is 14.2. The van der Waals surface area contributed by atoms with Crippen LogP contribution in [0.4, 0.5) is 4.79 Å². The van der Waals surface area contributed by atoms with Crippen LogP contribution in [0.2, 0.25) is 0 Å². The van der Waals surface area contributed by atoms with Crippen molar-refractivity contribution in [1.29, 1.82) is 0 Å². The largest absolute Gasteiger partial charge is 0.338 e. The Hall–Kier alpha value is -1.24. The summed E-state index contributed by atoms with van der Waals surface area (Å²) in [5.41, 5.74) is 0. The lowest BCUT2D eigenvalue weighted by Gasteiger charge is -2.31. The highest BCUT2D eigenvalue weighted by Crippen LogP contribution is 2.24. The van der Waals surface area contributed by atoms with Crippen LogP contribution in [-0.4, -0.2) is 57.8 Å². The number of hydrogen-bond acceptors (Lipinski definition) is 4. The summed E-state index contributed by atoms with van der Waals surface area (Å²) in [5.74, 6) is 2.52. The number of carbonyl (C=O) groups excluding carboxylic acids is 1. The van der Waals surface area contributed by atoms with E-state index in [2.05, 4.69) is 26.8 Å². The molecule has 0 radical (unpaired) electrons. The van der Waals surface area contributed by atoms with Gasteiger partial charge in [-0.2, -0.15) is 16.9 Å². The van der Waals surface area contributed by atoms with Gasteiger partial charge in [-0.25, -0.2) is 9.78 Å². The Morgan fingerprint density at radius 2 is 2.30 bits per heavy atom. The van der Waals surface area contributed by atoms with Crippen molar-refractivity contribution < 1.29 is 4.79 Å². The molecule has 0 atom stereocenters. The third kappa shape index (κ3) is 4.40. The number of nitrogens with zero attached hydrogens (tertiary/aromatic N) is 3. The number of H-pyrrole nitrogens is 1. The molecule has 0 saturated carbocycles. The Morgan fingerprint density at radius 3 is 2.95 bits per heavy atom. The molecule has 2 amide bonds. The summed E-state index contributed by atoms with van der Waals surface area (Å²) in [6, 6.07) is 0.0742. The molecule has 112 valence electrons. The first-order valence-electron chi connectivity index (χ1n) is 7.18. The van der Waals surface area contributed by atoms with Crippen molar-refractivity contribution in [2.75, 3.05) is 31.6 Å². The van der Waals surface area contributed by atoms with E-state index < -0.39 is 0 Å². The standard InChI is InChI=1S/C13H23N5OS/c1-20-9-3-2-6-14-13(19)18-7-4-11(5-8-18)12-15-10-16-17-12/h10-11H,2-9H2,1H3,(H,14,19)(H,15,16,17). The van der Waals surface area contributed by atoms with Crippen LogP contribution in [0.3, 0.4) is 0 Å². The predicted octanol–water partition coefficient (Wildman–Crippen LogP) is 1.84. The molecule has 2 heterocycles. The Bertz CT molecular complexity index is 389. The van der Waals surface area contributed by atoms with E-state index in [0.717, 1.165) is 51.1 Å². The van der Waals surface area contributed by atoms with Crippen LogP contribution in [0.25, 0.3) is 0 Å². The van der Waals surface area contributed by atoms with E-state index in [9.17, 15) is 4.79 Å². The first-order chi connectivity index (χ1) is 9.81. The number of amides is 2. The summed E-state index contributed by atoms with van der Waals surface area (Å²) in [4.78, 5) is 18.1. The third-order valence-electron chi connectivity index (χ3n) is 3.65. The van der Waals surface area contributed by atoms with Gasteiger partial charge in [0, 0.05) is 25.6 Å². The van der Waals surface area contributed by atoms with Crippen molar-refractivity contribution in [3.63, 3.8) is 0 Å². The molecule has 0 unspecified atom stereocenters. The lowest BCUT2D eigenvalue weighted by Crippen LogP contribution is -2.44. The number of aromatic nitrogens is 3. The molecule has 0 bridgehead atoms. The molecule has 1 aliphatic rings. The normalized spacial score (nSPS) is 16.4. The number of aromatic amines is 1. The smallest absolute Gasteiger partial charge is 0.317 e. The fourth-order valence-corrected chi connectivity index (χ4v) is 2.94. The molecule has 7 heteroatoms. The molecular formula is C13H23N5OS. The Kier molecular flexibility index (Phi) is 6.17. The second kappa shape index (κ2) is 8.14. The SMILES string of the molecule is CSCCCCNC(=O)N1CCC(c2ncn[nH]2)CC1. The van der Waals surface area contributed by atoms with E-state index in [-0.39, 0.29) is 6.03 Å². The highest BCUT2D eigenvalue weighted by Gasteiger charge is 2.24. The van der Waals surface area contributed by atoms with Gasteiger partial charge in [0.15, 0.2) is 0 Å². The fraction of sp³-hybridized carbons (Fsp3) is 0.769. The van der Waals surface area contributed by atoms with Crippen LogP contribution in [0.15, 0.2) is 6.33 Å². The van der Waals surface area contributed by atoms with E-state index in [4.69, 9.17) is 0 Å². The third-order valence-corrected chi connectivity index (χ3v) is 4.35. The maximum atomic E-state index is 12.0. The van der Waals surface area contributed by atoms with Crippen LogP contribution in [0, 0.1) is 0 Å². The molecule has 20 heavy (non-hydrogen) atoms. The minimum atomic E-state index is 0.0742. The number of rotatable bonds is 6. The predicted molar refractivity (Wildman–Crippen MR) is 80.9 cm³/mol. The first-order valence-corrected chi connectivity index (χ1v) is 8.57. The van der Waals surface area contributed by atoms with E-state index in [1.54, 1.807) is 6.33 Å². The summed E-state index contributed by atoms with van der Waals surface area (Å²) in [7, 11) is 0. The van der Waals surface area contributed by atoms with Crippen LogP contribution < -0.4 is 5.32 Å². The van der Waals surface area contributed by atoms with Gasteiger partial charge >= 0.3 is 6.03 Å². The fourth-order valence-electron chi connectivity index (χ4n) is 2.45. The number of hydrogen-bond donors (Lipinski definition) is 2. The summed E-state index contributed by atoms with van der Waals surface area (Å²) < 4.78 is 0. The molecular weight excluding hydrogens is 274 g/mol. The van der Waals surface area contributed by atoms with E-state index >= 15 is 0 Å². The molecule has 6 nitrogen and oxygen atoms in total. The number of unbranched alkanes of at least 4 members (excludes halogenated alkanes) is 1. The molecule has 0 aliphatic carbocycles. The maximum absolute atomic E-state index is 12.0. The maximum Gasteiger partial charge on any atom is 0.317 e. The number of nitrogens with one attached hydrogen (secondary N) is 2. The van der Waals surface area contributed by atoms with Gasteiger partial charge in [0.2, 0.25) is 0 Å². The van der Waals surface area contributed by atoms with E-state index in [1.807, 2.05) is 16.7 Å². The minimum Gasteiger partial charge on any atom is -0.338 e. The van der Waals surface area contributed by atoms with Crippen molar-refractivity contribution in [2.24, 2.45) is 0 Å². The molecule has 0 spiro atoms. The Labute approximate surface area is 124 Å². The van der Waals surface area contributed by atoms with Gasteiger partial charge in [-0.05, 0) is 37.7 Å². The average Bonchev–Trinajstić information content (AvgIpc) is 3.01. The lowest BCUT2D eigenvalue weighted by atomic mass is 9.96. The van der Waals surface area contributed by atoms with Gasteiger partial charge < -0.3 is 10.2 Å². The number of thioether (sulfide) groups is 1. The van der Waals surface area contributed by atoms with Crippen molar-refractivity contribution in [3.8, 4) is 0 Å². The molecule has 1 saturated heterocycles. The van der Waals surface area contributed by atoms with Crippen LogP contribution in [0.1, 0.15) is 37.4 Å². The number of urea groups is 1. The van der Waals surface area contributed by atoms with Gasteiger partial charge in [-0.1, -0.05) is 0 Å². The van der Waals surface area contributed by atoms with Crippen LogP contribution >= 0.6 is 11.8 Å². The molecule has 1 aromatic heterocycles. The van der Waals surface area contributed by atoms with E-state index in [1.165, 1.54) is 5.75 Å². The number of piperidine rings is 1. The van der Waals surface area contributed by atoms with Crippen molar-refractivity contribution in [2.45, 2.75) is 31.6 Å². The molecule has 1 fully saturated rings. The quantitative estimate of drug-likeness (QED) is 0.786. The molecule has 2 rings (SSSR count). The Balaban J connectivity index is 1.64. The lowest BCUT2D eigenvalue weighted by molar-refractivity contribution is 0.180. The van der Waals surface area contributed by atoms with E-state index in [0.29, 0.717) is 5.92 Å². The van der Waals surface area contributed by atoms with Gasteiger partial charge in [0.05, 0.1) is 0 Å². The van der Waals surface area contributed by atoms with Gasteiger partial charge in [-0.15, -0.1) is 0 Å². The van der Waals surface area contributed by atoms with Crippen molar-refractivity contribution >= 4 is 17.8 Å². The topological polar surface area (TPSA) is 73.9 Å². The zero-order valence-corrected chi connectivity index (χ0v) is 12.8. The van der Waals surface area contributed by atoms with Gasteiger partial charge in [0.1, 0.15) is 12.2 Å².